The van der Waals surface area contributed by atoms with Crippen molar-refractivity contribution in [3.8, 4) is 0 Å². The molecular formula is C14H22BrN3. The molecule has 0 aliphatic carbocycles. The van der Waals surface area contributed by atoms with E-state index in [1.165, 1.54) is 12.0 Å². The molecule has 18 heavy (non-hydrogen) atoms. The predicted molar refractivity (Wildman–Crippen MR) is 78.6 cm³/mol. The smallest absolute Gasteiger partial charge is 0.110 e. The van der Waals surface area contributed by atoms with Gasteiger partial charge in [0.15, 0.2) is 0 Å². The summed E-state index contributed by atoms with van der Waals surface area (Å²) in [7, 11) is 0. The van der Waals surface area contributed by atoms with Crippen LogP contribution in [0.25, 0.3) is 0 Å². The van der Waals surface area contributed by atoms with Crippen LogP contribution >= 0.6 is 15.9 Å². The van der Waals surface area contributed by atoms with E-state index in [0.29, 0.717) is 12.0 Å². The van der Waals surface area contributed by atoms with E-state index in [4.69, 9.17) is 0 Å². The van der Waals surface area contributed by atoms with Gasteiger partial charge >= 0.3 is 0 Å². The number of piperazine rings is 1. The van der Waals surface area contributed by atoms with Gasteiger partial charge in [-0.15, -0.1) is 0 Å². The highest BCUT2D eigenvalue weighted by molar-refractivity contribution is 9.10. The van der Waals surface area contributed by atoms with Crippen LogP contribution in [0.3, 0.4) is 0 Å². The second-order valence-electron chi connectivity index (χ2n) is 5.00. The van der Waals surface area contributed by atoms with Gasteiger partial charge in [0.05, 0.1) is 0 Å². The van der Waals surface area contributed by atoms with Crippen LogP contribution < -0.4 is 5.32 Å². The van der Waals surface area contributed by atoms with Crippen LogP contribution in [0.4, 0.5) is 0 Å². The van der Waals surface area contributed by atoms with Crippen molar-refractivity contribution in [2.75, 3.05) is 26.2 Å². The molecule has 1 N–H and O–H groups in total. The lowest BCUT2D eigenvalue weighted by atomic mass is 9.91. The third-order valence-corrected chi connectivity index (χ3v) is 4.50. The van der Waals surface area contributed by atoms with Gasteiger partial charge in [-0.3, -0.25) is 4.90 Å². The van der Waals surface area contributed by atoms with Crippen molar-refractivity contribution in [3.05, 3.63) is 28.5 Å². The maximum Gasteiger partial charge on any atom is 0.110 e. The summed E-state index contributed by atoms with van der Waals surface area (Å²) in [5.74, 6) is 0.642. The quantitative estimate of drug-likeness (QED) is 0.867. The van der Waals surface area contributed by atoms with Crippen molar-refractivity contribution < 1.29 is 0 Å². The SMILES string of the molecule is CCC(C)[C@H](c1cccnc1Br)N1CCNCC1. The van der Waals surface area contributed by atoms with Gasteiger partial charge in [-0.2, -0.15) is 0 Å². The molecular weight excluding hydrogens is 290 g/mol. The average Bonchev–Trinajstić information content (AvgIpc) is 2.42. The lowest BCUT2D eigenvalue weighted by molar-refractivity contribution is 0.127. The van der Waals surface area contributed by atoms with Crippen LogP contribution in [0.15, 0.2) is 22.9 Å². The first-order valence-corrected chi connectivity index (χ1v) is 7.58. The Hall–Kier alpha value is -0.450. The van der Waals surface area contributed by atoms with E-state index >= 15 is 0 Å². The van der Waals surface area contributed by atoms with Gasteiger partial charge in [-0.1, -0.05) is 26.3 Å². The summed E-state index contributed by atoms with van der Waals surface area (Å²) in [6, 6.07) is 4.72. The molecule has 0 bridgehead atoms. The molecule has 2 atom stereocenters. The Kier molecular flexibility index (Phi) is 5.15. The number of hydrogen-bond acceptors (Lipinski definition) is 3. The minimum atomic E-state index is 0.472. The van der Waals surface area contributed by atoms with Crippen molar-refractivity contribution in [2.24, 2.45) is 5.92 Å². The van der Waals surface area contributed by atoms with E-state index in [1.807, 2.05) is 12.3 Å². The first kappa shape index (κ1) is 14.0. The number of hydrogen-bond donors (Lipinski definition) is 1. The molecule has 100 valence electrons. The zero-order valence-corrected chi connectivity index (χ0v) is 12.8. The third-order valence-electron chi connectivity index (χ3n) is 3.83. The number of pyridine rings is 1. The highest BCUT2D eigenvalue weighted by atomic mass is 79.9. The van der Waals surface area contributed by atoms with Crippen molar-refractivity contribution in [3.63, 3.8) is 0 Å². The predicted octanol–water partition coefficient (Wildman–Crippen LogP) is 2.84. The summed E-state index contributed by atoms with van der Waals surface area (Å²) in [6.07, 6.45) is 3.04. The Morgan fingerprint density at radius 3 is 2.78 bits per heavy atom. The van der Waals surface area contributed by atoms with Gasteiger partial charge in [-0.25, -0.2) is 4.98 Å². The van der Waals surface area contributed by atoms with Gasteiger partial charge in [0.1, 0.15) is 4.60 Å². The molecule has 0 saturated carbocycles. The maximum absolute atomic E-state index is 4.39. The minimum Gasteiger partial charge on any atom is -0.314 e. The molecule has 4 heteroatoms. The zero-order chi connectivity index (χ0) is 13.0. The number of rotatable bonds is 4. The van der Waals surface area contributed by atoms with E-state index in [0.717, 1.165) is 30.8 Å². The monoisotopic (exact) mass is 311 g/mol. The van der Waals surface area contributed by atoms with E-state index in [9.17, 15) is 0 Å². The Morgan fingerprint density at radius 1 is 1.44 bits per heavy atom. The fourth-order valence-corrected chi connectivity index (χ4v) is 3.15. The van der Waals surface area contributed by atoms with E-state index in [-0.39, 0.29) is 0 Å². The topological polar surface area (TPSA) is 28.2 Å². The van der Waals surface area contributed by atoms with Gasteiger partial charge in [0.25, 0.3) is 0 Å². The fourth-order valence-electron chi connectivity index (χ4n) is 2.67. The molecule has 1 aromatic rings. The van der Waals surface area contributed by atoms with Crippen LogP contribution in [0.1, 0.15) is 31.9 Å². The lowest BCUT2D eigenvalue weighted by Gasteiger charge is -2.38. The van der Waals surface area contributed by atoms with Crippen molar-refractivity contribution in [1.29, 1.82) is 0 Å². The maximum atomic E-state index is 4.39. The minimum absolute atomic E-state index is 0.472. The number of nitrogens with zero attached hydrogens (tertiary/aromatic N) is 2. The van der Waals surface area contributed by atoms with Gasteiger partial charge in [0.2, 0.25) is 0 Å². The first-order chi connectivity index (χ1) is 8.74. The molecule has 0 aromatic carbocycles. The molecule has 1 aliphatic rings. The van der Waals surface area contributed by atoms with Crippen LogP contribution in [0, 0.1) is 5.92 Å². The van der Waals surface area contributed by atoms with Gasteiger partial charge in [0, 0.05) is 44.0 Å². The standard InChI is InChI=1S/C14H22BrN3/c1-3-11(2)13(18-9-7-16-8-10-18)12-5-4-6-17-14(12)15/h4-6,11,13,16H,3,7-10H2,1-2H3/t11?,13-/m1/s1. The second-order valence-corrected chi connectivity index (χ2v) is 5.75. The highest BCUT2D eigenvalue weighted by Gasteiger charge is 2.27. The molecule has 1 aromatic heterocycles. The molecule has 0 amide bonds. The summed E-state index contributed by atoms with van der Waals surface area (Å²) < 4.78 is 0.994. The highest BCUT2D eigenvalue weighted by Crippen LogP contribution is 2.34. The molecule has 1 aliphatic heterocycles. The molecule has 2 heterocycles. The van der Waals surface area contributed by atoms with Crippen molar-refractivity contribution >= 4 is 15.9 Å². The van der Waals surface area contributed by atoms with Crippen LogP contribution in [0.2, 0.25) is 0 Å². The molecule has 1 fully saturated rings. The Bertz CT molecular complexity index is 377. The molecule has 1 saturated heterocycles. The summed E-state index contributed by atoms with van der Waals surface area (Å²) in [6.45, 7) is 9.03. The van der Waals surface area contributed by atoms with Crippen molar-refractivity contribution in [2.45, 2.75) is 26.3 Å². The lowest BCUT2D eigenvalue weighted by Crippen LogP contribution is -2.46. The Morgan fingerprint density at radius 2 is 2.17 bits per heavy atom. The summed E-state index contributed by atoms with van der Waals surface area (Å²) in [5, 5.41) is 3.42. The third kappa shape index (κ3) is 3.11. The molecule has 3 nitrogen and oxygen atoms in total. The molecule has 0 spiro atoms. The van der Waals surface area contributed by atoms with Crippen molar-refractivity contribution in [1.82, 2.24) is 15.2 Å². The molecule has 1 unspecified atom stereocenters. The van der Waals surface area contributed by atoms with Crippen LogP contribution in [0.5, 0.6) is 0 Å². The number of aromatic nitrogens is 1. The average molecular weight is 312 g/mol. The van der Waals surface area contributed by atoms with Gasteiger partial charge < -0.3 is 5.32 Å². The van der Waals surface area contributed by atoms with Crippen LogP contribution in [-0.2, 0) is 0 Å². The summed E-state index contributed by atoms with van der Waals surface area (Å²) in [5.41, 5.74) is 1.33. The van der Waals surface area contributed by atoms with Crippen LogP contribution in [-0.4, -0.2) is 36.1 Å². The summed E-state index contributed by atoms with van der Waals surface area (Å²) >= 11 is 3.61. The Labute approximate surface area is 118 Å². The van der Waals surface area contributed by atoms with E-state index < -0.39 is 0 Å². The fraction of sp³-hybridized carbons (Fsp3) is 0.643. The number of nitrogens with one attached hydrogen (secondary N) is 1. The largest absolute Gasteiger partial charge is 0.314 e. The van der Waals surface area contributed by atoms with E-state index in [2.05, 4.69) is 51.0 Å². The number of halogens is 1. The molecule has 0 radical (unpaired) electrons. The summed E-state index contributed by atoms with van der Waals surface area (Å²) in [4.78, 5) is 6.98. The normalized spacial score (nSPS) is 20.6. The second kappa shape index (κ2) is 6.64. The van der Waals surface area contributed by atoms with Gasteiger partial charge in [-0.05, 0) is 27.9 Å². The molecule has 2 rings (SSSR count). The Balaban J connectivity index is 2.27. The zero-order valence-electron chi connectivity index (χ0n) is 11.2. The van der Waals surface area contributed by atoms with E-state index in [1.54, 1.807) is 0 Å². The first-order valence-electron chi connectivity index (χ1n) is 6.79.